The molecule has 3 aromatic heterocycles. The smallest absolute Gasteiger partial charge is 0.191 e. The molecule has 0 saturated heterocycles. The van der Waals surface area contributed by atoms with E-state index in [0.717, 1.165) is 26.5 Å². The number of anilines is 1. The molecule has 0 amide bonds. The van der Waals surface area contributed by atoms with Crippen LogP contribution in [-0.4, -0.2) is 15.0 Å². The van der Waals surface area contributed by atoms with Crippen LogP contribution in [0.1, 0.15) is 21.1 Å². The van der Waals surface area contributed by atoms with Gasteiger partial charge in [0.15, 0.2) is 5.16 Å². The van der Waals surface area contributed by atoms with E-state index in [2.05, 4.69) is 21.9 Å². The number of fused-ring (bicyclic) bond motifs is 1. The van der Waals surface area contributed by atoms with Gasteiger partial charge in [-0.25, -0.2) is 19.3 Å². The fraction of sp³-hybridized carbons (Fsp3) is 0.211. The molecule has 0 atom stereocenters. The Morgan fingerprint density at radius 2 is 1.93 bits per heavy atom. The van der Waals surface area contributed by atoms with Crippen LogP contribution in [0, 0.1) is 19.7 Å². The first-order valence-electron chi connectivity index (χ1n) is 8.47. The Labute approximate surface area is 173 Å². The molecule has 0 unspecified atom stereocenters. The average molecular weight is 433 g/mol. The molecular formula is C19H17FN4OS3. The van der Waals surface area contributed by atoms with Crippen molar-refractivity contribution in [2.45, 2.75) is 31.4 Å². The minimum Gasteiger partial charge on any atom is -0.486 e. The number of aromatic nitrogens is 3. The zero-order chi connectivity index (χ0) is 19.7. The summed E-state index contributed by atoms with van der Waals surface area (Å²) < 4.78 is 18.6. The minimum absolute atomic E-state index is 0.283. The molecule has 0 spiro atoms. The van der Waals surface area contributed by atoms with E-state index < -0.39 is 0 Å². The van der Waals surface area contributed by atoms with Gasteiger partial charge in [-0.05, 0) is 43.7 Å². The number of benzene rings is 1. The van der Waals surface area contributed by atoms with Gasteiger partial charge in [-0.2, -0.15) is 0 Å². The topological polar surface area (TPSA) is 73.9 Å². The van der Waals surface area contributed by atoms with E-state index in [1.54, 1.807) is 23.5 Å². The van der Waals surface area contributed by atoms with Crippen molar-refractivity contribution in [3.05, 3.63) is 56.6 Å². The van der Waals surface area contributed by atoms with Crippen LogP contribution >= 0.6 is 34.4 Å². The van der Waals surface area contributed by atoms with Crippen LogP contribution in [0.3, 0.4) is 0 Å². The lowest BCUT2D eigenvalue weighted by molar-refractivity contribution is 0.305. The Kier molecular flexibility index (Phi) is 5.47. The van der Waals surface area contributed by atoms with E-state index in [-0.39, 0.29) is 5.82 Å². The number of hydrogen-bond donors (Lipinski definition) is 1. The van der Waals surface area contributed by atoms with E-state index in [9.17, 15) is 4.39 Å². The second-order valence-corrected chi connectivity index (χ2v) is 9.21. The summed E-state index contributed by atoms with van der Waals surface area (Å²) in [6.07, 6.45) is 0. The second kappa shape index (κ2) is 8.02. The van der Waals surface area contributed by atoms with Crippen molar-refractivity contribution in [2.75, 3.05) is 5.73 Å². The molecule has 0 aliphatic heterocycles. The lowest BCUT2D eigenvalue weighted by atomic mass is 10.2. The number of nitrogens with zero attached hydrogens (tertiary/aromatic N) is 3. The van der Waals surface area contributed by atoms with Crippen molar-refractivity contribution >= 4 is 50.5 Å². The molecule has 144 valence electrons. The summed E-state index contributed by atoms with van der Waals surface area (Å²) in [5.74, 6) is 1.52. The van der Waals surface area contributed by atoms with E-state index in [0.29, 0.717) is 29.1 Å². The number of rotatable bonds is 6. The van der Waals surface area contributed by atoms with Gasteiger partial charge in [-0.1, -0.05) is 11.8 Å². The van der Waals surface area contributed by atoms with Gasteiger partial charge >= 0.3 is 0 Å². The van der Waals surface area contributed by atoms with Crippen LogP contribution in [-0.2, 0) is 12.4 Å². The fourth-order valence-corrected chi connectivity index (χ4v) is 5.27. The quantitative estimate of drug-likeness (QED) is 0.327. The monoisotopic (exact) mass is 432 g/mol. The molecule has 0 fully saturated rings. The number of thiazole rings is 1. The second-order valence-electron chi connectivity index (χ2n) is 6.12. The van der Waals surface area contributed by atoms with E-state index >= 15 is 0 Å². The largest absolute Gasteiger partial charge is 0.486 e. The van der Waals surface area contributed by atoms with Gasteiger partial charge in [-0.3, -0.25) is 0 Å². The zero-order valence-electron chi connectivity index (χ0n) is 15.2. The van der Waals surface area contributed by atoms with Gasteiger partial charge in [0.05, 0.1) is 11.1 Å². The number of nitrogen functional groups attached to an aromatic ring is 1. The van der Waals surface area contributed by atoms with Gasteiger partial charge in [0, 0.05) is 16.0 Å². The van der Waals surface area contributed by atoms with E-state index in [1.807, 2.05) is 12.3 Å². The number of hydrogen-bond acceptors (Lipinski definition) is 8. The number of halogens is 1. The Morgan fingerprint density at radius 3 is 2.71 bits per heavy atom. The molecule has 0 saturated carbocycles. The number of ether oxygens (including phenoxy) is 1. The average Bonchev–Trinajstić information content (AvgIpc) is 3.24. The third kappa shape index (κ3) is 4.11. The van der Waals surface area contributed by atoms with Crippen molar-refractivity contribution in [3.63, 3.8) is 0 Å². The molecule has 0 aliphatic carbocycles. The fourth-order valence-electron chi connectivity index (χ4n) is 2.62. The summed E-state index contributed by atoms with van der Waals surface area (Å²) in [5, 5.41) is 4.47. The summed E-state index contributed by atoms with van der Waals surface area (Å²) >= 11 is 4.68. The summed E-state index contributed by atoms with van der Waals surface area (Å²) in [6.45, 7) is 4.47. The summed E-state index contributed by atoms with van der Waals surface area (Å²) in [7, 11) is 0. The highest BCUT2D eigenvalue weighted by Crippen LogP contribution is 2.34. The van der Waals surface area contributed by atoms with Gasteiger partial charge in [0.2, 0.25) is 0 Å². The van der Waals surface area contributed by atoms with Crippen LogP contribution in [0.2, 0.25) is 0 Å². The van der Waals surface area contributed by atoms with Gasteiger partial charge in [0.1, 0.15) is 33.8 Å². The van der Waals surface area contributed by atoms with Crippen molar-refractivity contribution in [1.82, 2.24) is 15.0 Å². The highest BCUT2D eigenvalue weighted by Gasteiger charge is 2.13. The number of thiophene rings is 1. The first-order valence-corrected chi connectivity index (χ1v) is 11.2. The number of thioether (sulfide) groups is 1. The van der Waals surface area contributed by atoms with Crippen molar-refractivity contribution in [2.24, 2.45) is 0 Å². The molecule has 2 N–H and O–H groups in total. The highest BCUT2D eigenvalue weighted by molar-refractivity contribution is 7.98. The van der Waals surface area contributed by atoms with Gasteiger partial charge < -0.3 is 10.5 Å². The molecule has 1 aromatic carbocycles. The van der Waals surface area contributed by atoms with Crippen molar-refractivity contribution in [3.8, 4) is 5.75 Å². The van der Waals surface area contributed by atoms with E-state index in [1.165, 1.54) is 40.1 Å². The van der Waals surface area contributed by atoms with E-state index in [4.69, 9.17) is 10.5 Å². The van der Waals surface area contributed by atoms with Crippen molar-refractivity contribution < 1.29 is 9.13 Å². The Balaban J connectivity index is 1.39. The standard InChI is InChI=1S/C19H17FN4OS3/c1-10-11(2)28-18-16(10)17(21)23-19(24-18)27-9-13-8-26-15(22-13)7-25-14-5-3-12(20)4-6-14/h3-6,8H,7,9H2,1-2H3,(H2,21,23,24). The number of aryl methyl sites for hydroxylation is 2. The Morgan fingerprint density at radius 1 is 1.14 bits per heavy atom. The lowest BCUT2D eigenvalue weighted by Crippen LogP contribution is -1.97. The first-order chi connectivity index (χ1) is 13.5. The first kappa shape index (κ1) is 19.1. The van der Waals surface area contributed by atoms with Crippen LogP contribution < -0.4 is 10.5 Å². The predicted octanol–water partition coefficient (Wildman–Crippen LogP) is 5.36. The molecule has 4 aromatic rings. The summed E-state index contributed by atoms with van der Waals surface area (Å²) in [4.78, 5) is 15.8. The predicted molar refractivity (Wildman–Crippen MR) is 114 cm³/mol. The third-order valence-corrected chi connectivity index (χ3v) is 7.01. The molecule has 4 rings (SSSR count). The van der Waals surface area contributed by atoms with Crippen LogP contribution in [0.15, 0.2) is 34.8 Å². The summed E-state index contributed by atoms with van der Waals surface area (Å²) in [6, 6.07) is 5.95. The molecule has 3 heterocycles. The Bertz CT molecular complexity index is 1120. The molecule has 0 bridgehead atoms. The lowest BCUT2D eigenvalue weighted by Gasteiger charge is -2.03. The SMILES string of the molecule is Cc1sc2nc(SCc3csc(COc4ccc(F)cc4)n3)nc(N)c2c1C. The molecule has 0 radical (unpaired) electrons. The molecule has 0 aliphatic rings. The molecular weight excluding hydrogens is 415 g/mol. The number of nitrogens with two attached hydrogens (primary N) is 1. The molecule has 28 heavy (non-hydrogen) atoms. The maximum absolute atomic E-state index is 12.9. The van der Waals surface area contributed by atoms with Crippen LogP contribution in [0.25, 0.3) is 10.2 Å². The van der Waals surface area contributed by atoms with Gasteiger partial charge in [-0.15, -0.1) is 22.7 Å². The minimum atomic E-state index is -0.283. The van der Waals surface area contributed by atoms with Crippen LogP contribution in [0.4, 0.5) is 10.2 Å². The molecule has 5 nitrogen and oxygen atoms in total. The summed E-state index contributed by atoms with van der Waals surface area (Å²) in [5.41, 5.74) is 8.23. The maximum atomic E-state index is 12.9. The van der Waals surface area contributed by atoms with Gasteiger partial charge in [0.25, 0.3) is 0 Å². The normalized spacial score (nSPS) is 11.2. The maximum Gasteiger partial charge on any atom is 0.191 e. The van der Waals surface area contributed by atoms with Crippen molar-refractivity contribution in [1.29, 1.82) is 0 Å². The Hall–Kier alpha value is -2.23. The third-order valence-electron chi connectivity index (χ3n) is 4.16. The highest BCUT2D eigenvalue weighted by atomic mass is 32.2. The molecule has 9 heteroatoms. The van der Waals surface area contributed by atoms with Crippen LogP contribution in [0.5, 0.6) is 5.75 Å². The zero-order valence-corrected chi connectivity index (χ0v) is 17.7.